The van der Waals surface area contributed by atoms with Gasteiger partial charge in [-0.25, -0.2) is 29.3 Å². The summed E-state index contributed by atoms with van der Waals surface area (Å²) in [7, 11) is 0. The lowest BCUT2D eigenvalue weighted by molar-refractivity contribution is -0.146. The van der Waals surface area contributed by atoms with Crippen molar-refractivity contribution in [2.45, 2.75) is 20.8 Å². The van der Waals surface area contributed by atoms with E-state index in [0.717, 1.165) is 0 Å². The predicted octanol–water partition coefficient (Wildman–Crippen LogP) is 3.82. The fourth-order valence-electron chi connectivity index (χ4n) is 4.14. The van der Waals surface area contributed by atoms with Crippen LogP contribution in [0, 0.1) is 0 Å². The molecule has 15 heteroatoms. The summed E-state index contributed by atoms with van der Waals surface area (Å²) in [5.74, 6) is -2.29. The van der Waals surface area contributed by atoms with Crippen molar-refractivity contribution in [2.75, 3.05) is 39.6 Å². The molecule has 0 aliphatic rings. The number of benzene rings is 3. The number of nitrogens with zero attached hydrogens (tertiary/aromatic N) is 3. The van der Waals surface area contributed by atoms with Crippen molar-refractivity contribution < 1.29 is 58.1 Å². The van der Waals surface area contributed by atoms with Crippen molar-refractivity contribution >= 4 is 17.9 Å². The van der Waals surface area contributed by atoms with Crippen LogP contribution in [0.4, 0.5) is 0 Å². The molecule has 252 valence electrons. The lowest BCUT2D eigenvalue weighted by Gasteiger charge is -2.13. The van der Waals surface area contributed by atoms with Crippen LogP contribution in [-0.4, -0.2) is 87.8 Å². The molecule has 4 aromatic rings. The Bertz CT molecular complexity index is 1560. The Balaban J connectivity index is 1.72. The summed E-state index contributed by atoms with van der Waals surface area (Å²) in [4.78, 5) is 48.4. The Labute approximate surface area is 274 Å². The normalized spacial score (nSPS) is 10.6. The van der Waals surface area contributed by atoms with Crippen molar-refractivity contribution in [1.82, 2.24) is 15.0 Å². The van der Waals surface area contributed by atoms with E-state index in [-0.39, 0.29) is 108 Å². The van der Waals surface area contributed by atoms with Crippen LogP contribution in [0.5, 0.6) is 34.5 Å². The highest BCUT2D eigenvalue weighted by Crippen LogP contribution is 2.37. The minimum atomic E-state index is -0.581. The number of hydrogen-bond donors (Lipinski definition) is 3. The Morgan fingerprint density at radius 2 is 0.771 bits per heavy atom. The van der Waals surface area contributed by atoms with Crippen LogP contribution in [0.25, 0.3) is 34.2 Å². The van der Waals surface area contributed by atoms with Crippen LogP contribution in [0.3, 0.4) is 0 Å². The molecular formula is C33H33N3O12. The summed E-state index contributed by atoms with van der Waals surface area (Å²) in [6.45, 7) is 4.45. The second-order valence-electron chi connectivity index (χ2n) is 9.62. The number of rotatable bonds is 15. The molecule has 0 atom stereocenters. The molecule has 0 saturated heterocycles. The molecule has 0 radical (unpaired) electrons. The molecule has 4 rings (SSSR count). The fourth-order valence-corrected chi connectivity index (χ4v) is 4.14. The summed E-state index contributed by atoms with van der Waals surface area (Å²) >= 11 is 0. The van der Waals surface area contributed by atoms with Gasteiger partial charge in [-0.05, 0) is 57.2 Å². The van der Waals surface area contributed by atoms with Crippen molar-refractivity contribution in [3.8, 4) is 68.7 Å². The van der Waals surface area contributed by atoms with Gasteiger partial charge in [0.25, 0.3) is 0 Å². The first-order chi connectivity index (χ1) is 23.1. The van der Waals surface area contributed by atoms with Gasteiger partial charge in [0.1, 0.15) is 34.5 Å². The maximum Gasteiger partial charge on any atom is 0.344 e. The van der Waals surface area contributed by atoms with Crippen LogP contribution in [-0.2, 0) is 28.6 Å². The molecule has 15 nitrogen and oxygen atoms in total. The molecular weight excluding hydrogens is 630 g/mol. The second-order valence-corrected chi connectivity index (χ2v) is 9.62. The van der Waals surface area contributed by atoms with Gasteiger partial charge in [0.05, 0.1) is 36.5 Å². The van der Waals surface area contributed by atoms with Crippen molar-refractivity contribution in [1.29, 1.82) is 0 Å². The van der Waals surface area contributed by atoms with Gasteiger partial charge in [0.2, 0.25) is 0 Å². The number of ether oxygens (including phenoxy) is 6. The van der Waals surface area contributed by atoms with Crippen LogP contribution in [0.1, 0.15) is 20.8 Å². The predicted molar refractivity (Wildman–Crippen MR) is 168 cm³/mol. The molecule has 0 unspecified atom stereocenters. The lowest BCUT2D eigenvalue weighted by Crippen LogP contribution is -2.14. The zero-order valence-electron chi connectivity index (χ0n) is 26.3. The van der Waals surface area contributed by atoms with E-state index < -0.39 is 17.9 Å². The summed E-state index contributed by atoms with van der Waals surface area (Å²) in [6.07, 6.45) is 0. The number of hydrogen-bond acceptors (Lipinski definition) is 15. The standard InChI is InChI=1S/C33H33N3O12/c1-4-43-28(40)16-46-19-7-10-22(25(37)13-19)31-34-32(23-11-8-20(14-26(23)38)47-17-29(41)44-5-2)36-33(35-31)24-12-9-21(15-27(24)39)48-18-30(42)45-6-3/h7-15,37-39H,4-6,16-18H2,1-3H3. The molecule has 3 N–H and O–H groups in total. The molecule has 0 spiro atoms. The third kappa shape index (κ3) is 9.22. The number of carbonyl (C=O) groups excluding carboxylic acids is 3. The van der Waals surface area contributed by atoms with E-state index in [9.17, 15) is 29.7 Å². The molecule has 0 aliphatic heterocycles. The first-order valence-corrected chi connectivity index (χ1v) is 14.7. The fraction of sp³-hybridized carbons (Fsp3) is 0.273. The topological polar surface area (TPSA) is 206 Å². The highest BCUT2D eigenvalue weighted by Gasteiger charge is 2.20. The van der Waals surface area contributed by atoms with E-state index >= 15 is 0 Å². The van der Waals surface area contributed by atoms with Crippen molar-refractivity contribution in [2.24, 2.45) is 0 Å². The SMILES string of the molecule is CCOC(=O)COc1ccc(-c2nc(-c3ccc(OCC(=O)OCC)cc3O)nc(-c3ccc(OCC(=O)OCC)cc3O)n2)c(O)c1. The van der Waals surface area contributed by atoms with Crippen molar-refractivity contribution in [3.63, 3.8) is 0 Å². The molecule has 0 fully saturated rings. The summed E-state index contributed by atoms with van der Waals surface area (Å²) in [6, 6.07) is 12.6. The Hall–Kier alpha value is -6.12. The molecule has 1 aromatic heterocycles. The maximum absolute atomic E-state index is 11.7. The van der Waals surface area contributed by atoms with Gasteiger partial charge < -0.3 is 43.7 Å². The largest absolute Gasteiger partial charge is 0.507 e. The van der Waals surface area contributed by atoms with Crippen LogP contribution >= 0.6 is 0 Å². The molecule has 3 aromatic carbocycles. The summed E-state index contributed by atoms with van der Waals surface area (Å²) in [5.41, 5.74) is 0.392. The minimum absolute atomic E-state index is 0.0477. The smallest absolute Gasteiger partial charge is 0.344 e. The maximum atomic E-state index is 11.7. The van der Waals surface area contributed by atoms with E-state index in [2.05, 4.69) is 15.0 Å². The highest BCUT2D eigenvalue weighted by molar-refractivity contribution is 5.76. The van der Waals surface area contributed by atoms with E-state index in [4.69, 9.17) is 28.4 Å². The number of carbonyl (C=O) groups is 3. The first kappa shape index (κ1) is 34.7. The first-order valence-electron chi connectivity index (χ1n) is 14.7. The lowest BCUT2D eigenvalue weighted by atomic mass is 10.1. The minimum Gasteiger partial charge on any atom is -0.507 e. The van der Waals surface area contributed by atoms with E-state index in [0.29, 0.717) is 0 Å². The molecule has 0 amide bonds. The number of aromatic nitrogens is 3. The summed E-state index contributed by atoms with van der Waals surface area (Å²) < 4.78 is 30.7. The Morgan fingerprint density at radius 1 is 0.500 bits per heavy atom. The number of phenols is 3. The Morgan fingerprint density at radius 3 is 1.00 bits per heavy atom. The third-order valence-corrected chi connectivity index (χ3v) is 6.25. The molecule has 0 saturated carbocycles. The number of phenolic OH excluding ortho intramolecular Hbond substituents is 3. The molecule has 48 heavy (non-hydrogen) atoms. The van der Waals surface area contributed by atoms with Crippen molar-refractivity contribution in [3.05, 3.63) is 54.6 Å². The van der Waals surface area contributed by atoms with Gasteiger partial charge in [-0.1, -0.05) is 0 Å². The van der Waals surface area contributed by atoms with E-state index in [1.165, 1.54) is 54.6 Å². The van der Waals surface area contributed by atoms with Crippen LogP contribution in [0.15, 0.2) is 54.6 Å². The monoisotopic (exact) mass is 663 g/mol. The van der Waals surface area contributed by atoms with Gasteiger partial charge in [0, 0.05) is 18.2 Å². The Kier molecular flexibility index (Phi) is 11.9. The summed E-state index contributed by atoms with van der Waals surface area (Å²) in [5, 5.41) is 32.7. The number of esters is 3. The molecule has 0 aliphatic carbocycles. The average molecular weight is 664 g/mol. The third-order valence-electron chi connectivity index (χ3n) is 6.25. The molecule has 0 bridgehead atoms. The molecule has 1 heterocycles. The van der Waals surface area contributed by atoms with E-state index in [1.807, 2.05) is 0 Å². The average Bonchev–Trinajstić information content (AvgIpc) is 3.06. The zero-order chi connectivity index (χ0) is 34.6. The van der Waals surface area contributed by atoms with E-state index in [1.54, 1.807) is 20.8 Å². The van der Waals surface area contributed by atoms with Gasteiger partial charge in [-0.2, -0.15) is 0 Å². The second kappa shape index (κ2) is 16.4. The van der Waals surface area contributed by atoms with Gasteiger partial charge in [-0.15, -0.1) is 0 Å². The number of aromatic hydroxyl groups is 3. The highest BCUT2D eigenvalue weighted by atomic mass is 16.6. The van der Waals surface area contributed by atoms with Gasteiger partial charge in [0.15, 0.2) is 37.3 Å². The van der Waals surface area contributed by atoms with Crippen LogP contribution in [0.2, 0.25) is 0 Å². The van der Waals surface area contributed by atoms with Crippen LogP contribution < -0.4 is 14.2 Å². The quantitative estimate of drug-likeness (QED) is 0.122. The van der Waals surface area contributed by atoms with Gasteiger partial charge >= 0.3 is 17.9 Å². The van der Waals surface area contributed by atoms with Gasteiger partial charge in [-0.3, -0.25) is 0 Å². The zero-order valence-corrected chi connectivity index (χ0v) is 26.3.